The van der Waals surface area contributed by atoms with Crippen LogP contribution in [0.1, 0.15) is 63.3 Å². The Balaban J connectivity index is 0.855. The van der Waals surface area contributed by atoms with Crippen LogP contribution in [0.4, 0.5) is 21.6 Å². The first-order valence-corrected chi connectivity index (χ1v) is 23.1. The van der Waals surface area contributed by atoms with Crippen LogP contribution < -0.4 is 32.7 Å². The number of pyridine rings is 2. The summed E-state index contributed by atoms with van der Waals surface area (Å²) < 4.78 is 26.3. The number of β-amino-alcohol motifs (C(OH)–C–C–N with tert-alkyl or cyclic N) is 1. The Hall–Kier alpha value is -6.61. The largest absolute Gasteiger partial charge is 0.397 e. The molecule has 4 heterocycles. The number of aromatic nitrogens is 3. The number of nitrogens with one attached hydrogen (secondary N) is 4. The Morgan fingerprint density at radius 2 is 1.60 bits per heavy atom. The molecule has 18 nitrogen and oxygen atoms in total. The van der Waals surface area contributed by atoms with Gasteiger partial charge in [0.1, 0.15) is 17.9 Å². The number of amides is 5. The van der Waals surface area contributed by atoms with E-state index in [9.17, 15) is 29.1 Å². The summed E-state index contributed by atoms with van der Waals surface area (Å²) in [4.78, 5) is 80.4. The van der Waals surface area contributed by atoms with Gasteiger partial charge >= 0.3 is 0 Å². The van der Waals surface area contributed by atoms with Gasteiger partial charge in [0.25, 0.3) is 0 Å². The second kappa shape index (κ2) is 22.9. The number of hydrogen-bond acceptors (Lipinski definition) is 14. The molecule has 6 rings (SSSR count). The second-order valence-corrected chi connectivity index (χ2v) is 18.5. The number of fused-ring (bicyclic) bond motifs is 1. The molecule has 1 fully saturated rings. The summed E-state index contributed by atoms with van der Waals surface area (Å²) in [6.45, 7) is 9.87. The highest BCUT2D eigenvalue weighted by Gasteiger charge is 2.44. The maximum atomic E-state index is 15.3. The molecule has 2 aromatic carbocycles. The zero-order valence-electron chi connectivity index (χ0n) is 38.8. The van der Waals surface area contributed by atoms with Crippen molar-refractivity contribution in [2.45, 2.75) is 85.0 Å². The van der Waals surface area contributed by atoms with E-state index in [-0.39, 0.29) is 94.7 Å². The number of anilines is 3. The Morgan fingerprint density at radius 1 is 0.897 bits per heavy atom. The number of carbonyl (C=O) groups is 5. The van der Waals surface area contributed by atoms with Gasteiger partial charge in [-0.15, -0.1) is 11.3 Å². The molecule has 1 aliphatic heterocycles. The number of nitrogens with zero attached hydrogens (tertiary/aromatic N) is 4. The van der Waals surface area contributed by atoms with Gasteiger partial charge in [-0.1, -0.05) is 45.0 Å². The Kier molecular flexibility index (Phi) is 17.1. The highest BCUT2D eigenvalue weighted by atomic mass is 32.1. The molecule has 1 saturated heterocycles. The number of aryl methyl sites for hydroxylation is 1. The van der Waals surface area contributed by atoms with Crippen LogP contribution in [0.15, 0.2) is 60.5 Å². The summed E-state index contributed by atoms with van der Waals surface area (Å²) in [6, 6.07) is 9.10. The molecular weight excluding hydrogens is 896 g/mol. The number of nitrogens with two attached hydrogens (primary N) is 2. The Morgan fingerprint density at radius 3 is 2.28 bits per heavy atom. The van der Waals surface area contributed by atoms with E-state index in [2.05, 4.69) is 36.2 Å². The highest BCUT2D eigenvalue weighted by Crippen LogP contribution is 2.36. The molecule has 9 N–H and O–H groups in total. The molecule has 0 saturated carbocycles. The van der Waals surface area contributed by atoms with Gasteiger partial charge in [0.05, 0.1) is 66.2 Å². The molecule has 1 aliphatic rings. The number of nitrogen functional groups attached to an aromatic ring is 2. The van der Waals surface area contributed by atoms with Crippen LogP contribution in [0.2, 0.25) is 0 Å². The molecule has 5 aromatic rings. The standard InChI is InChI=1S/C48H59FN10O8S/c1-27-34(22-52-24-36(27)50)33-18-31-19-38(54-23-35(31)43(51)42(33)49)57-40(62)10-13-53-39(61)11-14-66-16-17-67-15-12-41(63)58-45(48(3,4)5)47(65)59-25-32(60)20-37(59)46(64)55-21-29-6-8-30(9-7-29)44-28(2)56-26-68-44/h6-9,18-19,22-24,26,32,37,45,60H,10-17,20-21,25,50-51H2,1-5H3,(H,53,61)(H,55,64)(H,58,63)(H,54,57,62)/t32-,37+,45-/m1/s1. The topological polar surface area (TPSA) is 266 Å². The minimum Gasteiger partial charge on any atom is -0.397 e. The average molecular weight is 955 g/mol. The van der Waals surface area contributed by atoms with Gasteiger partial charge in [-0.05, 0) is 53.5 Å². The van der Waals surface area contributed by atoms with Crippen molar-refractivity contribution in [2.24, 2.45) is 5.41 Å². The summed E-state index contributed by atoms with van der Waals surface area (Å²) in [5.74, 6) is -2.40. The fraction of sp³-hybridized carbons (Fsp3) is 0.417. The Labute approximate surface area is 397 Å². The maximum absolute atomic E-state index is 15.3. The van der Waals surface area contributed by atoms with Gasteiger partial charge in [0, 0.05) is 74.2 Å². The molecule has 362 valence electrons. The highest BCUT2D eigenvalue weighted by molar-refractivity contribution is 7.13. The van der Waals surface area contributed by atoms with Crippen LogP contribution in [-0.4, -0.2) is 112 Å². The molecule has 20 heteroatoms. The number of likely N-dealkylation sites (tertiary alicyclic amines) is 1. The molecule has 0 unspecified atom stereocenters. The minimum atomic E-state index is -0.976. The number of rotatable bonds is 20. The van der Waals surface area contributed by atoms with E-state index in [1.807, 2.05) is 52.0 Å². The molecule has 68 heavy (non-hydrogen) atoms. The van der Waals surface area contributed by atoms with Crippen LogP contribution in [0.5, 0.6) is 0 Å². The number of benzene rings is 2. The number of halogens is 1. The fourth-order valence-electron chi connectivity index (χ4n) is 7.65. The third-order valence-electron chi connectivity index (χ3n) is 11.5. The molecule has 3 aromatic heterocycles. The predicted molar refractivity (Wildman–Crippen MR) is 257 cm³/mol. The number of carbonyl (C=O) groups excluding carboxylic acids is 5. The van der Waals surface area contributed by atoms with Crippen molar-refractivity contribution in [3.63, 3.8) is 0 Å². The van der Waals surface area contributed by atoms with Gasteiger partial charge in [-0.2, -0.15) is 0 Å². The van der Waals surface area contributed by atoms with Crippen LogP contribution in [0.3, 0.4) is 0 Å². The number of aliphatic hydroxyl groups excluding tert-OH is 1. The predicted octanol–water partition coefficient (Wildman–Crippen LogP) is 4.41. The van der Waals surface area contributed by atoms with Crippen molar-refractivity contribution < 1.29 is 42.9 Å². The SMILES string of the molecule is Cc1ncsc1-c1ccc(CNC(=O)[C@@H]2C[C@@H](O)CN2C(=O)[C@@H](NC(=O)CCOCCOCCC(=O)NCCC(=O)Nc2cc3cc(-c4cncc(N)c4C)c(F)c(N)c3cn2)C(C)(C)C)cc1. The van der Waals surface area contributed by atoms with Crippen molar-refractivity contribution in [3.05, 3.63) is 83.1 Å². The number of hydrogen-bond donors (Lipinski definition) is 7. The van der Waals surface area contributed by atoms with Gasteiger partial charge in [0.2, 0.25) is 29.5 Å². The molecule has 0 radical (unpaired) electrons. The first-order valence-electron chi connectivity index (χ1n) is 22.3. The van der Waals surface area contributed by atoms with E-state index in [4.69, 9.17) is 20.9 Å². The van der Waals surface area contributed by atoms with Crippen molar-refractivity contribution in [2.75, 3.05) is 56.3 Å². The summed E-state index contributed by atoms with van der Waals surface area (Å²) in [5.41, 5.74) is 17.7. The van der Waals surface area contributed by atoms with Crippen molar-refractivity contribution in [1.29, 1.82) is 0 Å². The lowest BCUT2D eigenvalue weighted by Gasteiger charge is -2.35. The third-order valence-corrected chi connectivity index (χ3v) is 12.5. The lowest BCUT2D eigenvalue weighted by molar-refractivity contribution is -0.144. The first kappa shape index (κ1) is 50.8. The van der Waals surface area contributed by atoms with E-state index in [0.717, 1.165) is 21.7 Å². The fourth-order valence-corrected chi connectivity index (χ4v) is 8.46. The van der Waals surface area contributed by atoms with Crippen molar-refractivity contribution in [1.82, 2.24) is 35.8 Å². The normalized spacial score (nSPS) is 15.2. The molecule has 5 amide bonds. The second-order valence-electron chi connectivity index (χ2n) is 17.7. The first-order chi connectivity index (χ1) is 32.4. The van der Waals surface area contributed by atoms with Crippen LogP contribution in [0, 0.1) is 25.1 Å². The zero-order valence-corrected chi connectivity index (χ0v) is 39.6. The quantitative estimate of drug-likeness (QED) is 0.0422. The van der Waals surface area contributed by atoms with Gasteiger partial charge in [-0.25, -0.2) is 14.4 Å². The van der Waals surface area contributed by atoms with Crippen molar-refractivity contribution in [3.8, 4) is 21.6 Å². The zero-order chi connectivity index (χ0) is 49.1. The van der Waals surface area contributed by atoms with Gasteiger partial charge in [0.15, 0.2) is 5.82 Å². The minimum absolute atomic E-state index is 0.0337. The van der Waals surface area contributed by atoms with E-state index >= 15 is 4.39 Å². The van der Waals surface area contributed by atoms with Crippen LogP contribution in [-0.2, 0) is 40.0 Å². The monoisotopic (exact) mass is 954 g/mol. The lowest BCUT2D eigenvalue weighted by Crippen LogP contribution is -2.57. The van der Waals surface area contributed by atoms with E-state index in [0.29, 0.717) is 27.6 Å². The smallest absolute Gasteiger partial charge is 0.246 e. The Bertz CT molecular complexity index is 2620. The van der Waals surface area contributed by atoms with Crippen molar-refractivity contribution >= 4 is 68.8 Å². The summed E-state index contributed by atoms with van der Waals surface area (Å²) >= 11 is 1.56. The molecule has 0 aliphatic carbocycles. The van der Waals surface area contributed by atoms with Crippen LogP contribution >= 0.6 is 11.3 Å². The molecule has 0 bridgehead atoms. The number of ether oxygens (including phenoxy) is 2. The van der Waals surface area contributed by atoms with Gasteiger partial charge < -0.3 is 52.2 Å². The molecular formula is C48H59FN10O8S. The van der Waals surface area contributed by atoms with Gasteiger partial charge in [-0.3, -0.25) is 29.0 Å². The number of aliphatic hydroxyl groups is 1. The lowest BCUT2D eigenvalue weighted by atomic mass is 9.85. The third kappa shape index (κ3) is 13.1. The van der Waals surface area contributed by atoms with E-state index in [1.165, 1.54) is 23.5 Å². The molecule has 0 spiro atoms. The van der Waals surface area contributed by atoms with E-state index in [1.54, 1.807) is 35.9 Å². The van der Waals surface area contributed by atoms with Crippen LogP contribution in [0.25, 0.3) is 32.3 Å². The maximum Gasteiger partial charge on any atom is 0.246 e. The summed E-state index contributed by atoms with van der Waals surface area (Å²) in [7, 11) is 0. The van der Waals surface area contributed by atoms with E-state index < -0.39 is 53.0 Å². The summed E-state index contributed by atoms with van der Waals surface area (Å²) in [5, 5.41) is 22.5. The average Bonchev–Trinajstić information content (AvgIpc) is 3.92. The summed E-state index contributed by atoms with van der Waals surface area (Å²) in [6.07, 6.45) is 3.52. The number of thiazole rings is 1. The molecule has 3 atom stereocenters.